The molecule has 0 aliphatic heterocycles. The van der Waals surface area contributed by atoms with E-state index in [4.69, 9.17) is 15.2 Å². The van der Waals surface area contributed by atoms with Crippen molar-refractivity contribution in [3.8, 4) is 5.75 Å². The van der Waals surface area contributed by atoms with Crippen LogP contribution in [-0.4, -0.2) is 13.2 Å². The number of carbonyl (C=O) groups excluding carboxylic acids is 1. The molecule has 0 aliphatic rings. The predicted octanol–water partition coefficient (Wildman–Crippen LogP) is 2.88. The van der Waals surface area contributed by atoms with E-state index in [0.29, 0.717) is 0 Å². The van der Waals surface area contributed by atoms with Crippen molar-refractivity contribution in [1.82, 2.24) is 0 Å². The van der Waals surface area contributed by atoms with E-state index in [-0.39, 0.29) is 0 Å². The van der Waals surface area contributed by atoms with Crippen LogP contribution in [0.3, 0.4) is 0 Å². The van der Waals surface area contributed by atoms with Crippen molar-refractivity contribution < 1.29 is 14.3 Å². The van der Waals surface area contributed by atoms with Crippen LogP contribution in [0, 0.1) is 0 Å². The third-order valence-electron chi connectivity index (χ3n) is 2.75. The van der Waals surface area contributed by atoms with Crippen LogP contribution in [0.1, 0.15) is 17.2 Å². The maximum Gasteiger partial charge on any atom is 0.405 e. The molecule has 1 amide bonds. The van der Waals surface area contributed by atoms with Gasteiger partial charge in [0.1, 0.15) is 5.75 Å². The Hall–Kier alpha value is -2.49. The molecule has 0 fully saturated rings. The van der Waals surface area contributed by atoms with Crippen LogP contribution in [0.5, 0.6) is 5.75 Å². The highest BCUT2D eigenvalue weighted by molar-refractivity contribution is 5.65. The molecule has 2 N–H and O–H groups in total. The summed E-state index contributed by atoms with van der Waals surface area (Å²) in [5, 5.41) is 0. The van der Waals surface area contributed by atoms with Gasteiger partial charge in [0.25, 0.3) is 0 Å². The number of hydrogen-bond acceptors (Lipinski definition) is 3. The van der Waals surface area contributed by atoms with E-state index < -0.39 is 12.2 Å². The molecule has 98 valence electrons. The lowest BCUT2D eigenvalue weighted by atomic mass is 10.0. The van der Waals surface area contributed by atoms with E-state index in [1.54, 1.807) is 7.11 Å². The van der Waals surface area contributed by atoms with Gasteiger partial charge in [-0.15, -0.1) is 0 Å². The van der Waals surface area contributed by atoms with Crippen LogP contribution >= 0.6 is 0 Å². The largest absolute Gasteiger partial charge is 0.497 e. The molecule has 2 aromatic rings. The van der Waals surface area contributed by atoms with Gasteiger partial charge in [-0.05, 0) is 23.3 Å². The van der Waals surface area contributed by atoms with E-state index in [1.807, 2.05) is 54.6 Å². The Morgan fingerprint density at radius 2 is 1.58 bits per heavy atom. The van der Waals surface area contributed by atoms with E-state index in [9.17, 15) is 4.79 Å². The van der Waals surface area contributed by atoms with Crippen LogP contribution in [0.2, 0.25) is 0 Å². The van der Waals surface area contributed by atoms with Gasteiger partial charge in [0.15, 0.2) is 6.10 Å². The fraction of sp³-hybridized carbons (Fsp3) is 0.133. The Bertz CT molecular complexity index is 537. The van der Waals surface area contributed by atoms with Crippen molar-refractivity contribution in [2.45, 2.75) is 6.10 Å². The zero-order valence-electron chi connectivity index (χ0n) is 10.6. The molecule has 4 nitrogen and oxygen atoms in total. The minimum atomic E-state index is -0.801. The molecule has 0 aromatic heterocycles. The normalized spacial score (nSPS) is 11.6. The second-order valence-corrected chi connectivity index (χ2v) is 4.00. The zero-order valence-corrected chi connectivity index (χ0v) is 10.6. The van der Waals surface area contributed by atoms with E-state index in [0.717, 1.165) is 16.9 Å². The summed E-state index contributed by atoms with van der Waals surface area (Å²) in [5.41, 5.74) is 6.84. The number of ether oxygens (including phenoxy) is 2. The maximum atomic E-state index is 11.1. The van der Waals surface area contributed by atoms with Gasteiger partial charge in [0, 0.05) is 0 Å². The Morgan fingerprint density at radius 1 is 1.00 bits per heavy atom. The van der Waals surface area contributed by atoms with Gasteiger partial charge >= 0.3 is 6.09 Å². The van der Waals surface area contributed by atoms with Gasteiger partial charge in [-0.25, -0.2) is 4.79 Å². The van der Waals surface area contributed by atoms with Crippen LogP contribution in [0.25, 0.3) is 0 Å². The number of nitrogens with two attached hydrogens (primary N) is 1. The minimum Gasteiger partial charge on any atom is -0.497 e. The first kappa shape index (κ1) is 13.0. The summed E-state index contributed by atoms with van der Waals surface area (Å²) in [7, 11) is 1.60. The molecule has 4 heteroatoms. The van der Waals surface area contributed by atoms with E-state index in [2.05, 4.69) is 0 Å². The van der Waals surface area contributed by atoms with Gasteiger partial charge < -0.3 is 15.2 Å². The summed E-state index contributed by atoms with van der Waals surface area (Å²) in [6, 6.07) is 16.8. The van der Waals surface area contributed by atoms with Crippen LogP contribution in [-0.2, 0) is 4.74 Å². The average Bonchev–Trinajstić information content (AvgIpc) is 2.46. The van der Waals surface area contributed by atoms with Crippen molar-refractivity contribution in [3.05, 3.63) is 65.7 Å². The van der Waals surface area contributed by atoms with E-state index in [1.165, 1.54) is 0 Å². The SMILES string of the molecule is COc1ccc(C(OC(N)=O)c2ccccc2)cc1. The fourth-order valence-corrected chi connectivity index (χ4v) is 1.85. The summed E-state index contributed by atoms with van der Waals surface area (Å²) < 4.78 is 10.3. The molecule has 0 spiro atoms. The molecule has 0 saturated carbocycles. The molecule has 0 heterocycles. The van der Waals surface area contributed by atoms with E-state index >= 15 is 0 Å². The number of primary amides is 1. The third kappa shape index (κ3) is 3.25. The standard InChI is InChI=1S/C15H15NO3/c1-18-13-9-7-12(8-10-13)14(19-15(16)17)11-5-3-2-4-6-11/h2-10,14H,1H3,(H2,16,17). The number of methoxy groups -OCH3 is 1. The van der Waals surface area contributed by atoms with Crippen molar-refractivity contribution in [1.29, 1.82) is 0 Å². The molecule has 0 radical (unpaired) electrons. The highest BCUT2D eigenvalue weighted by Crippen LogP contribution is 2.27. The Morgan fingerprint density at radius 3 is 2.11 bits per heavy atom. The number of carbonyl (C=O) groups is 1. The lowest BCUT2D eigenvalue weighted by Crippen LogP contribution is -2.18. The Labute approximate surface area is 111 Å². The second-order valence-electron chi connectivity index (χ2n) is 4.00. The summed E-state index contributed by atoms with van der Waals surface area (Å²) >= 11 is 0. The van der Waals surface area contributed by atoms with Gasteiger partial charge in [-0.2, -0.15) is 0 Å². The van der Waals surface area contributed by atoms with Crippen molar-refractivity contribution in [2.24, 2.45) is 5.73 Å². The third-order valence-corrected chi connectivity index (χ3v) is 2.75. The molecule has 19 heavy (non-hydrogen) atoms. The summed E-state index contributed by atoms with van der Waals surface area (Å²) in [4.78, 5) is 11.1. The van der Waals surface area contributed by atoms with Crippen LogP contribution < -0.4 is 10.5 Å². The summed E-state index contributed by atoms with van der Waals surface area (Å²) in [6.45, 7) is 0. The Balaban J connectivity index is 2.34. The lowest BCUT2D eigenvalue weighted by molar-refractivity contribution is 0.126. The topological polar surface area (TPSA) is 61.6 Å². The first-order valence-corrected chi connectivity index (χ1v) is 5.85. The fourth-order valence-electron chi connectivity index (χ4n) is 1.85. The quantitative estimate of drug-likeness (QED) is 0.916. The first-order valence-electron chi connectivity index (χ1n) is 5.85. The Kier molecular flexibility index (Phi) is 4.03. The van der Waals surface area contributed by atoms with Crippen molar-refractivity contribution in [3.63, 3.8) is 0 Å². The number of amides is 1. The highest BCUT2D eigenvalue weighted by atomic mass is 16.6. The van der Waals surface area contributed by atoms with Crippen LogP contribution in [0.15, 0.2) is 54.6 Å². The van der Waals surface area contributed by atoms with Crippen LogP contribution in [0.4, 0.5) is 4.79 Å². The molecule has 2 aromatic carbocycles. The monoisotopic (exact) mass is 257 g/mol. The molecule has 1 unspecified atom stereocenters. The van der Waals surface area contributed by atoms with Gasteiger partial charge in [0.05, 0.1) is 7.11 Å². The number of hydrogen-bond donors (Lipinski definition) is 1. The van der Waals surface area contributed by atoms with Gasteiger partial charge in [-0.1, -0.05) is 42.5 Å². The van der Waals surface area contributed by atoms with Crippen molar-refractivity contribution >= 4 is 6.09 Å². The molecular formula is C15H15NO3. The smallest absolute Gasteiger partial charge is 0.405 e. The number of benzene rings is 2. The molecular weight excluding hydrogens is 242 g/mol. The molecule has 2 rings (SSSR count). The highest BCUT2D eigenvalue weighted by Gasteiger charge is 2.17. The minimum absolute atomic E-state index is 0.510. The lowest BCUT2D eigenvalue weighted by Gasteiger charge is -2.17. The summed E-state index contributed by atoms with van der Waals surface area (Å²) in [5.74, 6) is 0.745. The summed E-state index contributed by atoms with van der Waals surface area (Å²) in [6.07, 6.45) is -1.31. The molecule has 0 aliphatic carbocycles. The molecule has 1 atom stereocenters. The zero-order chi connectivity index (χ0) is 13.7. The molecule has 0 saturated heterocycles. The maximum absolute atomic E-state index is 11.1. The predicted molar refractivity (Wildman–Crippen MR) is 71.9 cm³/mol. The van der Waals surface area contributed by atoms with Gasteiger partial charge in [0.2, 0.25) is 0 Å². The first-order chi connectivity index (χ1) is 9.20. The second kappa shape index (κ2) is 5.91. The average molecular weight is 257 g/mol. The molecule has 0 bridgehead atoms. The van der Waals surface area contributed by atoms with Crippen molar-refractivity contribution in [2.75, 3.05) is 7.11 Å². The number of rotatable bonds is 4. The van der Waals surface area contributed by atoms with Gasteiger partial charge in [-0.3, -0.25) is 0 Å².